The van der Waals surface area contributed by atoms with Gasteiger partial charge < -0.3 is 106 Å². The van der Waals surface area contributed by atoms with Gasteiger partial charge in [-0.15, -0.1) is 19.6 Å². The molecule has 24 heteroatoms. The molecule has 0 saturated carbocycles. The van der Waals surface area contributed by atoms with E-state index >= 15 is 0 Å². The Morgan fingerprint density at radius 1 is 0.416 bits per heavy atom. The van der Waals surface area contributed by atoms with Crippen LogP contribution in [0.4, 0.5) is 26.3 Å². The molecule has 0 radical (unpaired) electrons. The Balaban J connectivity index is -0.0000000675. The number of carbonyl (C=O) groups is 1. The van der Waals surface area contributed by atoms with Gasteiger partial charge in [0.2, 0.25) is 0 Å². The quantitative estimate of drug-likeness (QED) is 0.202. The molecule has 0 spiro atoms. The summed E-state index contributed by atoms with van der Waals surface area (Å²) in [5, 5.41) is 0. The van der Waals surface area contributed by atoms with Crippen molar-refractivity contribution in [2.75, 3.05) is 151 Å². The summed E-state index contributed by atoms with van der Waals surface area (Å²) in [6.07, 6.45) is 5.28. The van der Waals surface area contributed by atoms with Crippen LogP contribution in [0.1, 0.15) is 230 Å². The van der Waals surface area contributed by atoms with Gasteiger partial charge in [0.1, 0.15) is 12.3 Å². The van der Waals surface area contributed by atoms with Crippen LogP contribution in [-0.4, -0.2) is 231 Å². The van der Waals surface area contributed by atoms with Crippen LogP contribution >= 0.6 is 0 Å². The Labute approximate surface area is 727 Å². The average molecular weight is 2640 g/mol. The van der Waals surface area contributed by atoms with Crippen LogP contribution in [0.5, 0.6) is 0 Å². The largest absolute Gasteiger partial charge is 2.00 e. The molecule has 604 valence electrons. The van der Waals surface area contributed by atoms with E-state index in [4.69, 9.17) is 4.74 Å². The van der Waals surface area contributed by atoms with E-state index in [1.54, 1.807) is 4.90 Å². The zero-order chi connectivity index (χ0) is 74.8. The van der Waals surface area contributed by atoms with Crippen molar-refractivity contribution in [3.8, 4) is 0 Å². The van der Waals surface area contributed by atoms with Gasteiger partial charge in [-0.25, -0.2) is 26.3 Å². The molecule has 0 aromatic rings. The first-order chi connectivity index (χ1) is 43.1. The zero-order valence-electron chi connectivity index (χ0n) is 69.2. The Morgan fingerprint density at radius 2 is 0.733 bits per heavy atom. The zero-order valence-corrected chi connectivity index (χ0v) is 89.7. The van der Waals surface area contributed by atoms with Gasteiger partial charge in [-0.1, -0.05) is 0 Å². The van der Waals surface area contributed by atoms with E-state index in [1.807, 2.05) is 4.90 Å². The van der Waals surface area contributed by atoms with Crippen molar-refractivity contribution in [1.82, 2.24) is 44.1 Å². The number of hydrogen-bond donors (Lipinski definition) is 0. The number of carbonyl (C=O) groups excluding carboxylic acids is 1. The molecule has 8 aliphatic rings. The second kappa shape index (κ2) is 87.5. The first-order valence-corrected chi connectivity index (χ1v) is 34.9. The number of morpholine rings is 1. The standard InChI is InChI=1S/C9H20N2.C7H12F2N.C7H13FN.C6H12NO.C5H8F2N.C5H9FN.C5H8NO.C5H10N.7C4H9.7W/c1-9(2,3)11-7-5-10(4)6-8-11;1-2-10-5-3-7(8,9)4-6-10;1-2-9-5-3-7(8)4-6-9;1-2-7-3-5-8-6-4-7;1-8-3-2-5(6,7)4-8;1-7-3-2-5(6)4-7;1-6-4-2-3-5(6)7;1-6-4-2-3-5-6;7*1-4(2)3;;;;;;;/h5-8H2,1-4H3;1-6H2;7H,1-6H2;1-6H2;1-4H2;5H,1-4H2;1-4H2;1-5H2;7*1-3H3;;;;;;;/q;14*-1;7*+2. The van der Waals surface area contributed by atoms with E-state index in [0.717, 1.165) is 72.0 Å². The summed E-state index contributed by atoms with van der Waals surface area (Å²) < 4.78 is 78.8. The number of amides is 1. The van der Waals surface area contributed by atoms with Gasteiger partial charge in [-0.05, 0) is 112 Å². The second-order valence-corrected chi connectivity index (χ2v) is 29.8. The summed E-state index contributed by atoms with van der Waals surface area (Å²) in [5.74, 6) is 5.22. The molecule has 0 aromatic carbocycles. The fourth-order valence-electron chi connectivity index (χ4n) is 7.61. The van der Waals surface area contributed by atoms with E-state index in [1.165, 1.54) is 103 Å². The normalized spacial score (nSPS) is 19.5. The summed E-state index contributed by atoms with van der Waals surface area (Å²) in [6, 6.07) is 0. The molecule has 8 heterocycles. The Kier molecular flexibility index (Phi) is 118. The molecule has 0 N–H and O–H groups in total. The minimum atomic E-state index is -2.47. The van der Waals surface area contributed by atoms with Gasteiger partial charge in [0.25, 0.3) is 11.8 Å². The third-order valence-corrected chi connectivity index (χ3v) is 12.4. The van der Waals surface area contributed by atoms with Gasteiger partial charge in [0.05, 0.1) is 13.2 Å². The number of nitrogens with zero attached hydrogens (tertiary/aromatic N) is 9. The number of halogens is 6. The summed E-state index contributed by atoms with van der Waals surface area (Å²) in [6.45, 7) is 80.6. The van der Waals surface area contributed by atoms with Crippen molar-refractivity contribution in [3.63, 3.8) is 0 Å². The van der Waals surface area contributed by atoms with Crippen LogP contribution in [-0.2, 0) is 157 Å². The van der Waals surface area contributed by atoms with Crippen LogP contribution in [0.2, 0.25) is 0 Å². The molecule has 8 aliphatic heterocycles. The van der Waals surface area contributed by atoms with E-state index in [-0.39, 0.29) is 179 Å². The van der Waals surface area contributed by atoms with Crippen LogP contribution in [0, 0.1) is 90.4 Å². The number of piperazine rings is 1. The van der Waals surface area contributed by atoms with Crippen LogP contribution in [0.25, 0.3) is 0 Å². The van der Waals surface area contributed by atoms with Crippen molar-refractivity contribution in [2.24, 2.45) is 0 Å². The van der Waals surface area contributed by atoms with Gasteiger partial charge in [-0.2, -0.15) is 145 Å². The molecule has 8 rings (SSSR count). The molecule has 1 unspecified atom stereocenters. The topological polar surface area (TPSA) is 55.5 Å². The fraction of sp³-hybridized carbons (Fsp3) is 0.805. The number of hydrogen-bond acceptors (Lipinski definition) is 10. The van der Waals surface area contributed by atoms with Crippen molar-refractivity contribution in [2.45, 2.75) is 260 Å². The van der Waals surface area contributed by atoms with E-state index < -0.39 is 24.2 Å². The molecule has 0 bridgehead atoms. The SMILES string of the molecule is CN1CCN(C(C)(C)C)CC1.C[C-](C)C.C[C-](C)C.C[C-](C)C.C[C-](C)C.C[C-](C)C.C[C-](C)C.C[C-](C)C.[CH2-]CN1CCC(F)(F)CC1.[CH2-]CN1CCC(F)CC1.[CH2-]CN1CCOCC1.[CH2-]N1CCC(F)(F)C1.[CH2-]N1CCC(F)C1.[CH2-]N1CCCC1.[CH2-]N1CCCC1=O.[W+2].[W+2].[W+2].[W+2].[W+2].[W+2].[W+2]. The first-order valence-electron chi connectivity index (χ1n) is 34.9. The molecule has 101 heavy (non-hydrogen) atoms. The van der Waals surface area contributed by atoms with Crippen LogP contribution in [0.15, 0.2) is 0 Å². The molecule has 8 saturated heterocycles. The van der Waals surface area contributed by atoms with Gasteiger partial charge in [0.15, 0.2) is 5.91 Å². The van der Waals surface area contributed by atoms with Crippen molar-refractivity contribution in [3.05, 3.63) is 90.4 Å². The molecule has 0 aliphatic carbocycles. The summed E-state index contributed by atoms with van der Waals surface area (Å²) in [4.78, 5) is 28.5. The van der Waals surface area contributed by atoms with Gasteiger partial charge in [-0.3, -0.25) is 37.9 Å². The third-order valence-electron chi connectivity index (χ3n) is 12.4. The number of ether oxygens (including phenoxy) is 1. The van der Waals surface area contributed by atoms with Crippen molar-refractivity contribution < 1.29 is 183 Å². The minimum absolute atomic E-state index is 0. The number of likely N-dealkylation sites (tertiary alicyclic amines) is 6. The van der Waals surface area contributed by atoms with Crippen molar-refractivity contribution in [1.29, 1.82) is 0 Å². The van der Waals surface area contributed by atoms with Crippen molar-refractivity contribution >= 4 is 5.91 Å². The summed E-state index contributed by atoms with van der Waals surface area (Å²) in [7, 11) is 16.4. The minimum Gasteiger partial charge on any atom is -0.496 e. The fourth-order valence-corrected chi connectivity index (χ4v) is 7.61. The summed E-state index contributed by atoms with van der Waals surface area (Å²) in [5.41, 5.74) is 0.362. The monoisotopic (exact) mass is 2640 g/mol. The third kappa shape index (κ3) is 125. The smallest absolute Gasteiger partial charge is 0.496 e. The molecule has 1 atom stereocenters. The predicted octanol–water partition coefficient (Wildman–Crippen LogP) is 18.5. The average Bonchev–Trinajstić information content (AvgIpc) is 1.54. The molecule has 1 amide bonds. The van der Waals surface area contributed by atoms with Crippen LogP contribution in [0.3, 0.4) is 0 Å². The maximum absolute atomic E-state index is 12.5. The molecule has 8 fully saturated rings. The van der Waals surface area contributed by atoms with Crippen LogP contribution < -0.4 is 0 Å². The Hall–Kier alpha value is 3.51. The molecule has 0 aromatic heterocycles. The number of piperidine rings is 2. The maximum atomic E-state index is 12.5. The predicted molar refractivity (Wildman–Crippen MR) is 401 cm³/mol. The molecular weight excluding hydrogens is 2480 g/mol. The maximum Gasteiger partial charge on any atom is 2.00 e. The number of alkyl halides is 6. The van der Waals surface area contributed by atoms with Gasteiger partial charge >= 0.3 is 147 Å². The first kappa shape index (κ1) is 137. The molecular formula is C77H155F6N9O2W7. The molecule has 11 nitrogen and oxygen atoms in total. The van der Waals surface area contributed by atoms with Gasteiger partial charge in [0, 0.05) is 96.7 Å². The van der Waals surface area contributed by atoms with E-state index in [0.29, 0.717) is 63.9 Å². The van der Waals surface area contributed by atoms with E-state index in [9.17, 15) is 31.1 Å². The van der Waals surface area contributed by atoms with E-state index in [2.05, 4.69) is 247 Å². The number of likely N-dealkylation sites (N-methyl/N-ethyl adjacent to an activating group) is 1. The summed E-state index contributed by atoms with van der Waals surface area (Å²) >= 11 is 0. The number of rotatable bonds is 3. The Morgan fingerprint density at radius 3 is 0.921 bits per heavy atom. The Bertz CT molecular complexity index is 1470. The second-order valence-electron chi connectivity index (χ2n) is 29.8.